The van der Waals surface area contributed by atoms with E-state index in [1.54, 1.807) is 6.20 Å². The summed E-state index contributed by atoms with van der Waals surface area (Å²) in [4.78, 5) is 18.7. The fraction of sp³-hybridized carbons (Fsp3) is 0.304. The maximum absolute atomic E-state index is 5.75. The molecule has 7 nitrogen and oxygen atoms in total. The van der Waals surface area contributed by atoms with Crippen LogP contribution in [-0.4, -0.2) is 29.8 Å². The van der Waals surface area contributed by atoms with Gasteiger partial charge in [0.2, 0.25) is 0 Å². The largest absolute Gasteiger partial charge is 0.347 e. The Labute approximate surface area is 175 Å². The standard InChI is InChI=1S/C23H24N6O/c1-15-10-11-25-23(26-15)30-27-22-17(14-29-13-12-24-16(29)2)8-9-20-21(22)18-6-4-5-7-19(18)28(20)3/h4-7,10-13,17H,8-9,14H2,1-3H3/b27-22+. The zero-order chi connectivity index (χ0) is 20.7. The van der Waals surface area contributed by atoms with Crippen LogP contribution in [0.2, 0.25) is 0 Å². The summed E-state index contributed by atoms with van der Waals surface area (Å²) < 4.78 is 4.46. The minimum atomic E-state index is 0.209. The van der Waals surface area contributed by atoms with E-state index < -0.39 is 0 Å². The molecule has 0 amide bonds. The number of fused-ring (bicyclic) bond motifs is 3. The van der Waals surface area contributed by atoms with Crippen molar-refractivity contribution in [3.05, 3.63) is 71.7 Å². The molecule has 0 radical (unpaired) electrons. The van der Waals surface area contributed by atoms with Crippen molar-refractivity contribution in [2.75, 3.05) is 0 Å². The fourth-order valence-electron chi connectivity index (χ4n) is 4.37. The molecule has 30 heavy (non-hydrogen) atoms. The molecule has 1 atom stereocenters. The van der Waals surface area contributed by atoms with Crippen LogP contribution in [0.1, 0.15) is 29.2 Å². The van der Waals surface area contributed by atoms with Crippen LogP contribution in [0.4, 0.5) is 0 Å². The third kappa shape index (κ3) is 3.16. The van der Waals surface area contributed by atoms with Gasteiger partial charge in [-0.1, -0.05) is 23.4 Å². The number of oxime groups is 1. The zero-order valence-electron chi connectivity index (χ0n) is 17.4. The number of hydrogen-bond donors (Lipinski definition) is 0. The highest BCUT2D eigenvalue weighted by Crippen LogP contribution is 2.35. The van der Waals surface area contributed by atoms with Crippen LogP contribution in [0.3, 0.4) is 0 Å². The van der Waals surface area contributed by atoms with E-state index in [9.17, 15) is 0 Å². The van der Waals surface area contributed by atoms with Gasteiger partial charge >= 0.3 is 6.01 Å². The van der Waals surface area contributed by atoms with Gasteiger partial charge in [-0.15, -0.1) is 0 Å². The summed E-state index contributed by atoms with van der Waals surface area (Å²) in [5.41, 5.74) is 5.48. The fourth-order valence-corrected chi connectivity index (χ4v) is 4.37. The number of aromatic nitrogens is 5. The summed E-state index contributed by atoms with van der Waals surface area (Å²) >= 11 is 0. The average Bonchev–Trinajstić information content (AvgIpc) is 3.28. The van der Waals surface area contributed by atoms with E-state index in [1.165, 1.54) is 22.2 Å². The lowest BCUT2D eigenvalue weighted by Crippen LogP contribution is -2.28. The molecule has 1 aromatic carbocycles. The van der Waals surface area contributed by atoms with E-state index in [0.29, 0.717) is 0 Å². The molecule has 5 rings (SSSR count). The number of imidazole rings is 1. The topological polar surface area (TPSA) is 70.1 Å². The number of hydrogen-bond acceptors (Lipinski definition) is 5. The van der Waals surface area contributed by atoms with Crippen molar-refractivity contribution in [1.29, 1.82) is 0 Å². The maximum Gasteiger partial charge on any atom is 0.345 e. The predicted molar refractivity (Wildman–Crippen MR) is 116 cm³/mol. The predicted octanol–water partition coefficient (Wildman–Crippen LogP) is 3.83. The zero-order valence-corrected chi connectivity index (χ0v) is 17.4. The molecule has 0 N–H and O–H groups in total. The van der Waals surface area contributed by atoms with Crippen molar-refractivity contribution >= 4 is 16.6 Å². The van der Waals surface area contributed by atoms with Crippen molar-refractivity contribution in [3.63, 3.8) is 0 Å². The molecule has 7 heteroatoms. The van der Waals surface area contributed by atoms with Gasteiger partial charge in [0.15, 0.2) is 0 Å². The van der Waals surface area contributed by atoms with Crippen LogP contribution >= 0.6 is 0 Å². The van der Waals surface area contributed by atoms with Crippen LogP contribution in [0.15, 0.2) is 54.1 Å². The van der Waals surface area contributed by atoms with Crippen molar-refractivity contribution in [2.24, 2.45) is 18.1 Å². The molecule has 1 aliphatic rings. The lowest BCUT2D eigenvalue weighted by Gasteiger charge is -2.25. The van der Waals surface area contributed by atoms with Crippen molar-refractivity contribution in [2.45, 2.75) is 33.2 Å². The molecule has 3 heterocycles. The molecule has 3 aromatic heterocycles. The second kappa shape index (κ2) is 7.40. The lowest BCUT2D eigenvalue weighted by atomic mass is 9.84. The van der Waals surface area contributed by atoms with Crippen LogP contribution in [0.5, 0.6) is 6.01 Å². The summed E-state index contributed by atoms with van der Waals surface area (Å²) in [5, 5.41) is 5.84. The lowest BCUT2D eigenvalue weighted by molar-refractivity contribution is 0.306. The molecule has 0 fully saturated rings. The first-order valence-corrected chi connectivity index (χ1v) is 10.2. The van der Waals surface area contributed by atoms with Gasteiger partial charge in [-0.2, -0.15) is 4.98 Å². The highest BCUT2D eigenvalue weighted by atomic mass is 16.6. The molecule has 1 unspecified atom stereocenters. The molecule has 152 valence electrons. The first-order chi connectivity index (χ1) is 14.6. The van der Waals surface area contributed by atoms with Gasteiger partial charge in [-0.25, -0.2) is 9.97 Å². The smallest absolute Gasteiger partial charge is 0.345 e. The minimum Gasteiger partial charge on any atom is -0.347 e. The van der Waals surface area contributed by atoms with Gasteiger partial charge in [-0.3, -0.25) is 0 Å². The molecule has 0 spiro atoms. The molecular formula is C23H24N6O. The van der Waals surface area contributed by atoms with Crippen LogP contribution in [0.25, 0.3) is 10.9 Å². The second-order valence-electron chi connectivity index (χ2n) is 7.81. The number of para-hydroxylation sites is 1. The third-order valence-electron chi connectivity index (χ3n) is 5.94. The summed E-state index contributed by atoms with van der Waals surface area (Å²) in [7, 11) is 2.13. The van der Waals surface area contributed by atoms with Crippen molar-refractivity contribution in [3.8, 4) is 6.01 Å². The number of rotatable bonds is 4. The highest BCUT2D eigenvalue weighted by molar-refractivity contribution is 6.13. The maximum atomic E-state index is 5.75. The van der Waals surface area contributed by atoms with Gasteiger partial charge in [0.05, 0.1) is 5.71 Å². The Balaban J connectivity index is 1.62. The summed E-state index contributed by atoms with van der Waals surface area (Å²) in [6.07, 6.45) is 7.55. The minimum absolute atomic E-state index is 0.209. The number of benzene rings is 1. The van der Waals surface area contributed by atoms with Crippen molar-refractivity contribution < 1.29 is 4.84 Å². The molecule has 4 aromatic rings. The molecule has 0 saturated heterocycles. The Bertz CT molecular complexity index is 1250. The molecule has 0 aliphatic heterocycles. The van der Waals surface area contributed by atoms with Crippen LogP contribution < -0.4 is 4.84 Å². The first-order valence-electron chi connectivity index (χ1n) is 10.2. The first kappa shape index (κ1) is 18.5. The van der Waals surface area contributed by atoms with Gasteiger partial charge in [0, 0.05) is 66.0 Å². The molecule has 0 saturated carbocycles. The van der Waals surface area contributed by atoms with E-state index in [0.717, 1.165) is 36.6 Å². The highest BCUT2D eigenvalue weighted by Gasteiger charge is 2.31. The van der Waals surface area contributed by atoms with E-state index in [2.05, 4.69) is 60.6 Å². The van der Waals surface area contributed by atoms with E-state index in [1.807, 2.05) is 32.3 Å². The van der Waals surface area contributed by atoms with Gasteiger partial charge in [0.25, 0.3) is 0 Å². The number of nitrogens with zero attached hydrogens (tertiary/aromatic N) is 6. The van der Waals surface area contributed by atoms with Gasteiger partial charge in [-0.05, 0) is 38.8 Å². The summed E-state index contributed by atoms with van der Waals surface area (Å²) in [5.74, 6) is 1.21. The second-order valence-corrected chi connectivity index (χ2v) is 7.81. The Hall–Kier alpha value is -3.48. The third-order valence-corrected chi connectivity index (χ3v) is 5.94. The average molecular weight is 400 g/mol. The van der Waals surface area contributed by atoms with Gasteiger partial charge < -0.3 is 14.0 Å². The van der Waals surface area contributed by atoms with Crippen LogP contribution in [0, 0.1) is 19.8 Å². The van der Waals surface area contributed by atoms with E-state index in [-0.39, 0.29) is 11.9 Å². The number of aryl methyl sites for hydroxylation is 3. The Morgan fingerprint density at radius 2 is 2.00 bits per heavy atom. The normalized spacial score (nSPS) is 17.4. The van der Waals surface area contributed by atoms with E-state index in [4.69, 9.17) is 4.84 Å². The quantitative estimate of drug-likeness (QED) is 0.488. The Kier molecular flexibility index (Phi) is 4.58. The van der Waals surface area contributed by atoms with E-state index >= 15 is 0 Å². The molecule has 0 bridgehead atoms. The SMILES string of the molecule is Cc1ccnc(O/N=C2/c3c(n(C)c4ccccc34)CCC2Cn2ccnc2C)n1. The molecule has 1 aliphatic carbocycles. The van der Waals surface area contributed by atoms with Crippen LogP contribution in [-0.2, 0) is 20.0 Å². The molecular weight excluding hydrogens is 376 g/mol. The summed E-state index contributed by atoms with van der Waals surface area (Å²) in [6.45, 7) is 4.75. The Morgan fingerprint density at radius 1 is 1.13 bits per heavy atom. The van der Waals surface area contributed by atoms with Crippen molar-refractivity contribution in [1.82, 2.24) is 24.1 Å². The Morgan fingerprint density at radius 3 is 2.80 bits per heavy atom. The monoisotopic (exact) mass is 400 g/mol. The summed E-state index contributed by atoms with van der Waals surface area (Å²) in [6, 6.07) is 10.6. The van der Waals surface area contributed by atoms with Gasteiger partial charge in [0.1, 0.15) is 5.82 Å².